The quantitative estimate of drug-likeness (QED) is 0.593. The molecular weight excluding hydrogens is 141 g/mol. The molecule has 0 fully saturated rings. The Labute approximate surface area is 66.6 Å². The average Bonchev–Trinajstić information content (AvgIpc) is 2.11. The molecule has 0 unspecified atom stereocenters. The van der Waals surface area contributed by atoms with Crippen molar-refractivity contribution < 1.29 is 4.39 Å². The molecule has 1 N–H and O–H groups in total. The molecule has 0 aliphatic rings. The minimum atomic E-state index is -0.213. The van der Waals surface area contributed by atoms with E-state index in [0.29, 0.717) is 0 Å². The van der Waals surface area contributed by atoms with E-state index in [1.807, 2.05) is 0 Å². The highest BCUT2D eigenvalue weighted by Gasteiger charge is 2.19. The van der Waals surface area contributed by atoms with Crippen molar-refractivity contribution in [3.63, 3.8) is 0 Å². The summed E-state index contributed by atoms with van der Waals surface area (Å²) in [5, 5.41) is 0. The van der Waals surface area contributed by atoms with E-state index >= 15 is 0 Å². The number of rotatable bonds is 0. The zero-order chi connectivity index (χ0) is 8.65. The summed E-state index contributed by atoms with van der Waals surface area (Å²) in [6.45, 7) is 8.01. The largest absolute Gasteiger partial charge is 0.338 e. The van der Waals surface area contributed by atoms with Gasteiger partial charge in [-0.1, -0.05) is 20.8 Å². The number of H-pyrrole nitrogens is 1. The Morgan fingerprint density at radius 1 is 1.36 bits per heavy atom. The molecule has 0 aliphatic carbocycles. The van der Waals surface area contributed by atoms with Crippen molar-refractivity contribution >= 4 is 0 Å². The van der Waals surface area contributed by atoms with Crippen LogP contribution >= 0.6 is 0 Å². The van der Waals surface area contributed by atoms with E-state index in [0.717, 1.165) is 11.1 Å². The Kier molecular flexibility index (Phi) is 1.78. The standard InChI is InChI=1S/C9H14FN/c1-6-7(9(2,3)4)5-11-8(6)10/h5,11H,1-4H3. The maximum atomic E-state index is 12.8. The molecule has 0 saturated carbocycles. The lowest BCUT2D eigenvalue weighted by atomic mass is 9.87. The number of hydrogen-bond acceptors (Lipinski definition) is 0. The van der Waals surface area contributed by atoms with Crippen molar-refractivity contribution in [2.75, 3.05) is 0 Å². The van der Waals surface area contributed by atoms with Gasteiger partial charge in [0.05, 0.1) is 0 Å². The fraction of sp³-hybridized carbons (Fsp3) is 0.556. The topological polar surface area (TPSA) is 15.8 Å². The third kappa shape index (κ3) is 1.44. The summed E-state index contributed by atoms with van der Waals surface area (Å²) in [4.78, 5) is 2.58. The van der Waals surface area contributed by atoms with Gasteiger partial charge in [-0.25, -0.2) is 0 Å². The maximum Gasteiger partial charge on any atom is 0.194 e. The van der Waals surface area contributed by atoms with Crippen LogP contribution in [-0.4, -0.2) is 4.98 Å². The third-order valence-corrected chi connectivity index (χ3v) is 1.88. The van der Waals surface area contributed by atoms with E-state index in [4.69, 9.17) is 0 Å². The van der Waals surface area contributed by atoms with E-state index in [1.165, 1.54) is 0 Å². The second-order valence-corrected chi connectivity index (χ2v) is 3.89. The molecule has 1 rings (SSSR count). The van der Waals surface area contributed by atoms with Crippen LogP contribution in [0.15, 0.2) is 6.20 Å². The lowest BCUT2D eigenvalue weighted by Crippen LogP contribution is -2.11. The Bertz CT molecular complexity index is 255. The molecule has 0 aromatic carbocycles. The molecule has 62 valence electrons. The molecule has 1 heterocycles. The second-order valence-electron chi connectivity index (χ2n) is 3.89. The number of aromatic nitrogens is 1. The minimum Gasteiger partial charge on any atom is -0.338 e. The molecule has 0 bridgehead atoms. The monoisotopic (exact) mass is 155 g/mol. The molecule has 1 aromatic rings. The van der Waals surface area contributed by atoms with Gasteiger partial charge in [-0.3, -0.25) is 0 Å². The molecule has 0 atom stereocenters. The van der Waals surface area contributed by atoms with Gasteiger partial charge in [-0.05, 0) is 17.9 Å². The Morgan fingerprint density at radius 2 is 1.91 bits per heavy atom. The SMILES string of the molecule is Cc1c(C(C)(C)C)c[nH]c1F. The summed E-state index contributed by atoms with van der Waals surface area (Å²) in [7, 11) is 0. The van der Waals surface area contributed by atoms with Gasteiger partial charge in [-0.2, -0.15) is 4.39 Å². The van der Waals surface area contributed by atoms with Crippen molar-refractivity contribution in [2.45, 2.75) is 33.1 Å². The normalized spacial score (nSPS) is 12.1. The summed E-state index contributed by atoms with van der Waals surface area (Å²) in [6, 6.07) is 0. The number of aromatic amines is 1. The van der Waals surface area contributed by atoms with Gasteiger partial charge in [0.2, 0.25) is 0 Å². The first-order valence-corrected chi connectivity index (χ1v) is 3.77. The van der Waals surface area contributed by atoms with Gasteiger partial charge in [0, 0.05) is 11.8 Å². The smallest absolute Gasteiger partial charge is 0.194 e. The number of nitrogens with one attached hydrogen (secondary N) is 1. The van der Waals surface area contributed by atoms with E-state index < -0.39 is 0 Å². The molecular formula is C9H14FN. The van der Waals surface area contributed by atoms with Crippen molar-refractivity contribution in [3.8, 4) is 0 Å². The predicted molar refractivity (Wildman–Crippen MR) is 44.2 cm³/mol. The summed E-state index contributed by atoms with van der Waals surface area (Å²) in [6.07, 6.45) is 1.74. The Morgan fingerprint density at radius 3 is 2.09 bits per heavy atom. The van der Waals surface area contributed by atoms with Crippen LogP contribution in [0.5, 0.6) is 0 Å². The van der Waals surface area contributed by atoms with Crippen LogP contribution in [-0.2, 0) is 5.41 Å². The molecule has 2 heteroatoms. The van der Waals surface area contributed by atoms with Crippen LogP contribution < -0.4 is 0 Å². The predicted octanol–water partition coefficient (Wildman–Crippen LogP) is 2.76. The molecule has 11 heavy (non-hydrogen) atoms. The first kappa shape index (κ1) is 8.31. The number of hydrogen-bond donors (Lipinski definition) is 1. The molecule has 0 amide bonds. The van der Waals surface area contributed by atoms with Gasteiger partial charge < -0.3 is 4.98 Å². The van der Waals surface area contributed by atoms with Crippen molar-refractivity contribution in [1.82, 2.24) is 4.98 Å². The van der Waals surface area contributed by atoms with Crippen LogP contribution in [0, 0.1) is 12.9 Å². The number of halogens is 1. The zero-order valence-electron chi connectivity index (χ0n) is 7.46. The van der Waals surface area contributed by atoms with E-state index in [9.17, 15) is 4.39 Å². The van der Waals surface area contributed by atoms with Crippen LogP contribution in [0.4, 0.5) is 4.39 Å². The molecule has 0 saturated heterocycles. The second kappa shape index (κ2) is 2.36. The first-order valence-electron chi connectivity index (χ1n) is 3.77. The zero-order valence-corrected chi connectivity index (χ0v) is 7.46. The van der Waals surface area contributed by atoms with Crippen LogP contribution in [0.1, 0.15) is 31.9 Å². The highest BCUT2D eigenvalue weighted by molar-refractivity contribution is 5.29. The lowest BCUT2D eigenvalue weighted by Gasteiger charge is -2.17. The van der Waals surface area contributed by atoms with Crippen molar-refractivity contribution in [3.05, 3.63) is 23.3 Å². The molecule has 0 radical (unpaired) electrons. The van der Waals surface area contributed by atoms with Crippen molar-refractivity contribution in [1.29, 1.82) is 0 Å². The summed E-state index contributed by atoms with van der Waals surface area (Å²) < 4.78 is 12.8. The molecule has 0 spiro atoms. The summed E-state index contributed by atoms with van der Waals surface area (Å²) >= 11 is 0. The highest BCUT2D eigenvalue weighted by atomic mass is 19.1. The third-order valence-electron chi connectivity index (χ3n) is 1.88. The van der Waals surface area contributed by atoms with Crippen LogP contribution in [0.25, 0.3) is 0 Å². The Hall–Kier alpha value is -0.790. The lowest BCUT2D eigenvalue weighted by molar-refractivity contribution is 0.568. The molecule has 1 nitrogen and oxygen atoms in total. The van der Waals surface area contributed by atoms with E-state index in [-0.39, 0.29) is 11.4 Å². The van der Waals surface area contributed by atoms with Crippen LogP contribution in [0.2, 0.25) is 0 Å². The average molecular weight is 155 g/mol. The molecule has 1 aromatic heterocycles. The summed E-state index contributed by atoms with van der Waals surface area (Å²) in [5.74, 6) is -0.213. The van der Waals surface area contributed by atoms with E-state index in [1.54, 1.807) is 13.1 Å². The van der Waals surface area contributed by atoms with Gasteiger partial charge in [0.25, 0.3) is 0 Å². The minimum absolute atomic E-state index is 0.0327. The van der Waals surface area contributed by atoms with Crippen molar-refractivity contribution in [2.24, 2.45) is 0 Å². The highest BCUT2D eigenvalue weighted by Crippen LogP contribution is 2.26. The molecule has 0 aliphatic heterocycles. The van der Waals surface area contributed by atoms with E-state index in [2.05, 4.69) is 25.8 Å². The fourth-order valence-electron chi connectivity index (χ4n) is 1.25. The summed E-state index contributed by atoms with van der Waals surface area (Å²) in [5.41, 5.74) is 1.82. The van der Waals surface area contributed by atoms with Gasteiger partial charge in [0.1, 0.15) is 0 Å². The fourth-order valence-corrected chi connectivity index (χ4v) is 1.25. The maximum absolute atomic E-state index is 12.8. The Balaban J connectivity index is 3.15. The van der Waals surface area contributed by atoms with Gasteiger partial charge in [-0.15, -0.1) is 0 Å². The first-order chi connectivity index (χ1) is 4.93. The van der Waals surface area contributed by atoms with Gasteiger partial charge in [0.15, 0.2) is 5.95 Å². The van der Waals surface area contributed by atoms with Gasteiger partial charge >= 0.3 is 0 Å². The van der Waals surface area contributed by atoms with Crippen LogP contribution in [0.3, 0.4) is 0 Å².